The number of aliphatic imine (C=N–C) groups is 1. The molecule has 0 saturated carbocycles. The van der Waals surface area contributed by atoms with Gasteiger partial charge in [-0.25, -0.2) is 0 Å². The first-order valence-corrected chi connectivity index (χ1v) is 19.6. The molecule has 0 saturated heterocycles. The Morgan fingerprint density at radius 1 is 0.491 bits per heavy atom. The first-order chi connectivity index (χ1) is 27.0. The zero-order valence-electron chi connectivity index (χ0n) is 31.5. The second kappa shape index (κ2) is 13.0. The zero-order chi connectivity index (χ0) is 37.1. The molecule has 2 atom stereocenters. The van der Waals surface area contributed by atoms with Gasteiger partial charge in [0.05, 0.1) is 16.8 Å². The van der Waals surface area contributed by atoms with Crippen molar-refractivity contribution in [1.29, 1.82) is 0 Å². The minimum atomic E-state index is -0.541. The topological polar surface area (TPSA) is 21.6 Å². The highest BCUT2D eigenvalue weighted by Crippen LogP contribution is 2.61. The molecule has 1 unspecified atom stereocenters. The second-order valence-corrected chi connectivity index (χ2v) is 15.7. The summed E-state index contributed by atoms with van der Waals surface area (Å²) >= 11 is 0. The van der Waals surface area contributed by atoms with Gasteiger partial charge in [-0.15, -0.1) is 0 Å². The summed E-state index contributed by atoms with van der Waals surface area (Å²) in [6.07, 6.45) is 3.41. The third kappa shape index (κ3) is 5.12. The summed E-state index contributed by atoms with van der Waals surface area (Å²) in [5, 5.41) is 0. The Labute approximate surface area is 324 Å². The van der Waals surface area contributed by atoms with Crippen LogP contribution in [0.5, 0.6) is 11.5 Å². The van der Waals surface area contributed by atoms with Gasteiger partial charge in [0.1, 0.15) is 11.5 Å². The van der Waals surface area contributed by atoms with E-state index in [4.69, 9.17) is 9.73 Å². The molecular formula is C53H43NO. The highest BCUT2D eigenvalue weighted by molar-refractivity contribution is 6.07. The van der Waals surface area contributed by atoms with E-state index in [-0.39, 0.29) is 11.3 Å². The van der Waals surface area contributed by atoms with Gasteiger partial charge >= 0.3 is 0 Å². The van der Waals surface area contributed by atoms with E-state index in [1.165, 1.54) is 61.3 Å². The molecule has 1 aliphatic carbocycles. The quantitative estimate of drug-likeness (QED) is 0.174. The number of para-hydroxylation sites is 2. The average molecular weight is 710 g/mol. The number of hydrogen-bond acceptors (Lipinski definition) is 2. The van der Waals surface area contributed by atoms with E-state index in [1.54, 1.807) is 0 Å². The van der Waals surface area contributed by atoms with Gasteiger partial charge in [0.15, 0.2) is 0 Å². The standard InChI is InChI=1S/C53H43NO/c1-4-40-41(36-17-7-5-8-18-36)34-48(54-51(40)38-19-9-6-10-20-38)37-29-27-35(28-30-37)39-31-32-43-47(33-39)53(44-22-12-11-21-42(44)52(43,2)3)45-23-13-15-25-49(45)55-50-26-16-14-24-46(50)53/h5-34,40-41H,4H2,1-3H3/t40-,41?/m0/s1. The predicted molar refractivity (Wildman–Crippen MR) is 226 cm³/mol. The summed E-state index contributed by atoms with van der Waals surface area (Å²) in [6, 6.07) is 64.2. The Hall–Kier alpha value is -6.25. The van der Waals surface area contributed by atoms with Crippen LogP contribution in [0.25, 0.3) is 16.8 Å². The summed E-state index contributed by atoms with van der Waals surface area (Å²) in [5.41, 5.74) is 15.2. The maximum atomic E-state index is 6.64. The van der Waals surface area contributed by atoms with E-state index in [2.05, 4.69) is 203 Å². The minimum absolute atomic E-state index is 0.199. The van der Waals surface area contributed by atoms with Crippen LogP contribution in [0.1, 0.15) is 83.2 Å². The SMILES string of the molecule is CC[C@@H]1C(c2ccccc2)=NC(c2ccc(-c3ccc4c(c3)C3(c5ccccc5Oc5ccccc53)c3ccccc3C4(C)C)cc2)=CC1c1ccccc1. The van der Waals surface area contributed by atoms with Crippen molar-refractivity contribution in [3.63, 3.8) is 0 Å². The van der Waals surface area contributed by atoms with Crippen molar-refractivity contribution >= 4 is 11.4 Å². The molecule has 7 aromatic rings. The van der Waals surface area contributed by atoms with Gasteiger partial charge in [-0.1, -0.05) is 178 Å². The molecule has 2 heteroatoms. The molecule has 2 aliphatic heterocycles. The van der Waals surface area contributed by atoms with Crippen molar-refractivity contribution in [2.24, 2.45) is 10.9 Å². The van der Waals surface area contributed by atoms with Crippen molar-refractivity contribution in [3.05, 3.63) is 232 Å². The molecule has 2 heterocycles. The van der Waals surface area contributed by atoms with Crippen LogP contribution in [0, 0.1) is 5.92 Å². The summed E-state index contributed by atoms with van der Waals surface area (Å²) in [5.74, 6) is 2.35. The number of rotatable bonds is 5. The maximum absolute atomic E-state index is 6.64. The Morgan fingerprint density at radius 2 is 1.02 bits per heavy atom. The lowest BCUT2D eigenvalue weighted by molar-refractivity contribution is 0.425. The monoisotopic (exact) mass is 709 g/mol. The second-order valence-electron chi connectivity index (χ2n) is 15.7. The van der Waals surface area contributed by atoms with Crippen LogP contribution >= 0.6 is 0 Å². The number of fused-ring (bicyclic) bond motifs is 8. The molecule has 1 spiro atoms. The minimum Gasteiger partial charge on any atom is -0.457 e. The molecule has 0 radical (unpaired) electrons. The third-order valence-corrected chi connectivity index (χ3v) is 12.5. The Kier molecular flexibility index (Phi) is 7.85. The van der Waals surface area contributed by atoms with Crippen LogP contribution in [0.4, 0.5) is 0 Å². The summed E-state index contributed by atoms with van der Waals surface area (Å²) in [4.78, 5) is 5.41. The van der Waals surface area contributed by atoms with E-state index in [0.717, 1.165) is 29.2 Å². The third-order valence-electron chi connectivity index (χ3n) is 12.5. The van der Waals surface area contributed by atoms with Gasteiger partial charge in [0.2, 0.25) is 0 Å². The van der Waals surface area contributed by atoms with Crippen molar-refractivity contribution in [2.45, 2.75) is 43.9 Å². The van der Waals surface area contributed by atoms with Gasteiger partial charge in [-0.2, -0.15) is 0 Å². The van der Waals surface area contributed by atoms with Crippen LogP contribution in [0.2, 0.25) is 0 Å². The molecule has 2 nitrogen and oxygen atoms in total. The van der Waals surface area contributed by atoms with Gasteiger partial charge in [0, 0.05) is 28.4 Å². The predicted octanol–water partition coefficient (Wildman–Crippen LogP) is 13.1. The first kappa shape index (κ1) is 33.3. The Balaban J connectivity index is 1.13. The molecule has 0 bridgehead atoms. The molecule has 3 aliphatic rings. The van der Waals surface area contributed by atoms with Crippen LogP contribution in [0.3, 0.4) is 0 Å². The average Bonchev–Trinajstić information content (AvgIpc) is 3.25. The first-order valence-electron chi connectivity index (χ1n) is 19.6. The fraction of sp³-hybridized carbons (Fsp3) is 0.151. The van der Waals surface area contributed by atoms with E-state index < -0.39 is 5.41 Å². The van der Waals surface area contributed by atoms with Gasteiger partial charge in [-0.3, -0.25) is 4.99 Å². The molecule has 10 rings (SSSR count). The largest absolute Gasteiger partial charge is 0.457 e. The number of benzene rings is 7. The van der Waals surface area contributed by atoms with E-state index in [9.17, 15) is 0 Å². The van der Waals surface area contributed by atoms with Crippen LogP contribution in [0.15, 0.2) is 187 Å². The van der Waals surface area contributed by atoms with Crippen LogP contribution < -0.4 is 4.74 Å². The number of nitrogens with zero attached hydrogens (tertiary/aromatic N) is 1. The van der Waals surface area contributed by atoms with Crippen LogP contribution in [-0.2, 0) is 10.8 Å². The molecule has 55 heavy (non-hydrogen) atoms. The molecule has 0 fully saturated rings. The maximum Gasteiger partial charge on any atom is 0.132 e. The van der Waals surface area contributed by atoms with Gasteiger partial charge < -0.3 is 4.74 Å². The highest BCUT2D eigenvalue weighted by Gasteiger charge is 2.52. The van der Waals surface area contributed by atoms with E-state index in [1.807, 2.05) is 0 Å². The Bertz CT molecular complexity index is 2590. The van der Waals surface area contributed by atoms with Crippen molar-refractivity contribution < 1.29 is 4.74 Å². The fourth-order valence-corrected chi connectivity index (χ4v) is 9.84. The Morgan fingerprint density at radius 3 is 1.67 bits per heavy atom. The molecular weight excluding hydrogens is 667 g/mol. The van der Waals surface area contributed by atoms with E-state index in [0.29, 0.717) is 5.92 Å². The summed E-state index contributed by atoms with van der Waals surface area (Å²) in [7, 11) is 0. The van der Waals surface area contributed by atoms with Crippen molar-refractivity contribution in [1.82, 2.24) is 0 Å². The molecule has 0 N–H and O–H groups in total. The van der Waals surface area contributed by atoms with E-state index >= 15 is 0 Å². The number of ether oxygens (including phenoxy) is 1. The lowest BCUT2D eigenvalue weighted by Gasteiger charge is -2.50. The van der Waals surface area contributed by atoms with Crippen molar-refractivity contribution in [2.75, 3.05) is 0 Å². The van der Waals surface area contributed by atoms with Gasteiger partial charge in [-0.05, 0) is 80.8 Å². The summed E-state index contributed by atoms with van der Waals surface area (Å²) < 4.78 is 6.64. The number of hydrogen-bond donors (Lipinski definition) is 0. The lowest BCUT2D eigenvalue weighted by Crippen LogP contribution is -2.43. The molecule has 266 valence electrons. The highest BCUT2D eigenvalue weighted by atomic mass is 16.5. The molecule has 0 aromatic heterocycles. The zero-order valence-corrected chi connectivity index (χ0v) is 31.5. The van der Waals surface area contributed by atoms with Gasteiger partial charge in [0.25, 0.3) is 0 Å². The normalized spacial score (nSPS) is 18.5. The smallest absolute Gasteiger partial charge is 0.132 e. The summed E-state index contributed by atoms with van der Waals surface area (Å²) in [6.45, 7) is 7.03. The van der Waals surface area contributed by atoms with Crippen LogP contribution in [-0.4, -0.2) is 5.71 Å². The molecule has 7 aromatic carbocycles. The molecule has 0 amide bonds. The number of allylic oxidation sites excluding steroid dienone is 1. The van der Waals surface area contributed by atoms with Crippen molar-refractivity contribution in [3.8, 4) is 22.6 Å². The lowest BCUT2D eigenvalue weighted by atomic mass is 9.53. The fourth-order valence-electron chi connectivity index (χ4n) is 9.84.